The van der Waals surface area contributed by atoms with Crippen LogP contribution in [-0.4, -0.2) is 37.4 Å². The molecule has 2 atom stereocenters. The van der Waals surface area contributed by atoms with Gasteiger partial charge in [-0.25, -0.2) is 4.79 Å². The average molecular weight is 264 g/mol. The normalized spacial score (nSPS) is 23.4. The summed E-state index contributed by atoms with van der Waals surface area (Å²) >= 11 is 0. The van der Waals surface area contributed by atoms with Crippen LogP contribution in [0.5, 0.6) is 0 Å². The number of carboxylic acid groups (broad SMARTS) is 1. The maximum atomic E-state index is 11.1. The first-order valence-electron chi connectivity index (χ1n) is 6.43. The molecule has 3 N–H and O–H groups in total. The number of rotatable bonds is 3. The van der Waals surface area contributed by atoms with Crippen molar-refractivity contribution in [2.45, 2.75) is 19.4 Å². The first-order chi connectivity index (χ1) is 9.02. The zero-order valence-electron chi connectivity index (χ0n) is 11.3. The fourth-order valence-electron chi connectivity index (χ4n) is 2.50. The predicted octanol–water partition coefficient (Wildman–Crippen LogP) is 1.83. The molecule has 1 saturated heterocycles. The molecule has 19 heavy (non-hydrogen) atoms. The molecule has 2 unspecified atom stereocenters. The quantitative estimate of drug-likeness (QED) is 0.815. The second-order valence-corrected chi connectivity index (χ2v) is 5.06. The number of anilines is 2. The molecule has 0 amide bonds. The third-order valence-electron chi connectivity index (χ3n) is 3.82. The molecular formula is C14H20N2O3. The highest BCUT2D eigenvalue weighted by Crippen LogP contribution is 2.27. The van der Waals surface area contributed by atoms with Crippen molar-refractivity contribution in [3.05, 3.63) is 23.8 Å². The van der Waals surface area contributed by atoms with Gasteiger partial charge in [0.25, 0.3) is 0 Å². The third kappa shape index (κ3) is 2.81. The number of aromatic carboxylic acids is 1. The molecule has 0 radical (unpaired) electrons. The Kier molecular flexibility index (Phi) is 3.95. The van der Waals surface area contributed by atoms with Crippen molar-refractivity contribution in [3.63, 3.8) is 0 Å². The van der Waals surface area contributed by atoms with E-state index in [-0.39, 0.29) is 11.7 Å². The van der Waals surface area contributed by atoms with Gasteiger partial charge in [-0.05, 0) is 30.5 Å². The number of nitrogens with zero attached hydrogens (tertiary/aromatic N) is 1. The SMILES string of the molecule is COC1CN(c2ccc(N)c(C(=O)O)c2)CCC1C. The Morgan fingerprint density at radius 3 is 2.89 bits per heavy atom. The van der Waals surface area contributed by atoms with Crippen molar-refractivity contribution in [3.8, 4) is 0 Å². The highest BCUT2D eigenvalue weighted by atomic mass is 16.5. The number of carbonyl (C=O) groups is 1. The number of nitrogens with two attached hydrogens (primary N) is 1. The molecule has 1 aromatic rings. The van der Waals surface area contributed by atoms with Crippen molar-refractivity contribution in [1.82, 2.24) is 0 Å². The zero-order valence-corrected chi connectivity index (χ0v) is 11.3. The van der Waals surface area contributed by atoms with Crippen molar-refractivity contribution >= 4 is 17.3 Å². The maximum Gasteiger partial charge on any atom is 0.337 e. The number of carboxylic acids is 1. The largest absolute Gasteiger partial charge is 0.478 e. The van der Waals surface area contributed by atoms with E-state index in [9.17, 15) is 4.79 Å². The van der Waals surface area contributed by atoms with Gasteiger partial charge < -0.3 is 20.5 Å². The van der Waals surface area contributed by atoms with Gasteiger partial charge in [0.15, 0.2) is 0 Å². The van der Waals surface area contributed by atoms with E-state index in [0.29, 0.717) is 11.6 Å². The molecule has 0 aromatic heterocycles. The topological polar surface area (TPSA) is 75.8 Å². The minimum absolute atomic E-state index is 0.157. The molecule has 1 fully saturated rings. The molecule has 2 rings (SSSR count). The lowest BCUT2D eigenvalue weighted by Crippen LogP contribution is -2.44. The van der Waals surface area contributed by atoms with Crippen LogP contribution >= 0.6 is 0 Å². The molecule has 0 aliphatic carbocycles. The number of benzene rings is 1. The Hall–Kier alpha value is -1.75. The van der Waals surface area contributed by atoms with Crippen molar-refractivity contribution in [1.29, 1.82) is 0 Å². The first-order valence-corrected chi connectivity index (χ1v) is 6.43. The fraction of sp³-hybridized carbons (Fsp3) is 0.500. The van der Waals surface area contributed by atoms with E-state index in [2.05, 4.69) is 11.8 Å². The van der Waals surface area contributed by atoms with Crippen LogP contribution in [0.4, 0.5) is 11.4 Å². The van der Waals surface area contributed by atoms with E-state index in [0.717, 1.165) is 25.2 Å². The molecule has 1 aliphatic heterocycles. The lowest BCUT2D eigenvalue weighted by atomic mass is 9.95. The number of piperidine rings is 1. The number of methoxy groups -OCH3 is 1. The van der Waals surface area contributed by atoms with Gasteiger partial charge >= 0.3 is 5.97 Å². The highest BCUT2D eigenvalue weighted by molar-refractivity contribution is 5.94. The second-order valence-electron chi connectivity index (χ2n) is 5.06. The van der Waals surface area contributed by atoms with Crippen molar-refractivity contribution < 1.29 is 14.6 Å². The fourth-order valence-corrected chi connectivity index (χ4v) is 2.50. The molecular weight excluding hydrogens is 244 g/mol. The van der Waals surface area contributed by atoms with Crippen LogP contribution in [0.1, 0.15) is 23.7 Å². The summed E-state index contributed by atoms with van der Waals surface area (Å²) in [6, 6.07) is 5.16. The summed E-state index contributed by atoms with van der Waals surface area (Å²) in [5.74, 6) is -0.470. The van der Waals surface area contributed by atoms with Gasteiger partial charge in [0.2, 0.25) is 0 Å². The molecule has 1 aliphatic rings. The average Bonchev–Trinajstić information content (AvgIpc) is 2.39. The van der Waals surface area contributed by atoms with Crippen molar-refractivity contribution in [2.24, 2.45) is 5.92 Å². The highest BCUT2D eigenvalue weighted by Gasteiger charge is 2.26. The Labute approximate surface area is 113 Å². The lowest BCUT2D eigenvalue weighted by Gasteiger charge is -2.37. The number of hydrogen-bond donors (Lipinski definition) is 2. The summed E-state index contributed by atoms with van der Waals surface area (Å²) in [6.45, 7) is 3.86. The Balaban J connectivity index is 2.22. The summed E-state index contributed by atoms with van der Waals surface area (Å²) < 4.78 is 5.47. The monoisotopic (exact) mass is 264 g/mol. The zero-order chi connectivity index (χ0) is 14.0. The summed E-state index contributed by atoms with van der Waals surface area (Å²) in [4.78, 5) is 13.3. The molecule has 5 nitrogen and oxygen atoms in total. The van der Waals surface area contributed by atoms with E-state index in [4.69, 9.17) is 15.6 Å². The van der Waals surface area contributed by atoms with E-state index in [1.54, 1.807) is 19.2 Å². The minimum Gasteiger partial charge on any atom is -0.478 e. The first kappa shape index (κ1) is 13.7. The molecule has 1 aromatic carbocycles. The number of nitrogen functional groups attached to an aromatic ring is 1. The molecule has 0 spiro atoms. The van der Waals surface area contributed by atoms with Crippen LogP contribution in [0.25, 0.3) is 0 Å². The molecule has 0 bridgehead atoms. The van der Waals surface area contributed by atoms with Gasteiger partial charge in [0.1, 0.15) is 0 Å². The van der Waals surface area contributed by atoms with Gasteiger partial charge in [-0.15, -0.1) is 0 Å². The maximum absolute atomic E-state index is 11.1. The van der Waals surface area contributed by atoms with Gasteiger partial charge in [-0.2, -0.15) is 0 Å². The third-order valence-corrected chi connectivity index (χ3v) is 3.82. The minimum atomic E-state index is -0.993. The van der Waals surface area contributed by atoms with Gasteiger partial charge in [-0.3, -0.25) is 0 Å². The summed E-state index contributed by atoms with van der Waals surface area (Å²) in [7, 11) is 1.72. The molecule has 5 heteroatoms. The molecule has 1 heterocycles. The Morgan fingerprint density at radius 2 is 2.26 bits per heavy atom. The summed E-state index contributed by atoms with van der Waals surface area (Å²) in [5.41, 5.74) is 7.01. The number of hydrogen-bond acceptors (Lipinski definition) is 4. The van der Waals surface area contributed by atoms with E-state index in [1.807, 2.05) is 6.07 Å². The lowest BCUT2D eigenvalue weighted by molar-refractivity contribution is 0.0498. The molecule has 104 valence electrons. The summed E-state index contributed by atoms with van der Waals surface area (Å²) in [5, 5.41) is 9.11. The second kappa shape index (κ2) is 5.48. The van der Waals surface area contributed by atoms with E-state index < -0.39 is 5.97 Å². The van der Waals surface area contributed by atoms with Gasteiger partial charge in [-0.1, -0.05) is 6.92 Å². The van der Waals surface area contributed by atoms with Crippen LogP contribution in [0.2, 0.25) is 0 Å². The van der Waals surface area contributed by atoms with Crippen LogP contribution < -0.4 is 10.6 Å². The van der Waals surface area contributed by atoms with Crippen LogP contribution in [0, 0.1) is 5.92 Å². The summed E-state index contributed by atoms with van der Waals surface area (Å²) in [6.07, 6.45) is 1.21. The Bertz CT molecular complexity index is 476. The van der Waals surface area contributed by atoms with Gasteiger partial charge in [0.05, 0.1) is 11.7 Å². The van der Waals surface area contributed by atoms with E-state index >= 15 is 0 Å². The standard InChI is InChI=1S/C14H20N2O3/c1-9-5-6-16(8-13(9)19-2)10-3-4-12(15)11(7-10)14(17)18/h3-4,7,9,13H,5-6,8,15H2,1-2H3,(H,17,18). The van der Waals surface area contributed by atoms with Crippen LogP contribution in [-0.2, 0) is 4.74 Å². The van der Waals surface area contributed by atoms with Crippen LogP contribution in [0.15, 0.2) is 18.2 Å². The van der Waals surface area contributed by atoms with E-state index in [1.165, 1.54) is 0 Å². The number of ether oxygens (including phenoxy) is 1. The van der Waals surface area contributed by atoms with Crippen molar-refractivity contribution in [2.75, 3.05) is 30.8 Å². The Morgan fingerprint density at radius 1 is 1.53 bits per heavy atom. The van der Waals surface area contributed by atoms with Gasteiger partial charge in [0, 0.05) is 31.6 Å². The predicted molar refractivity (Wildman–Crippen MR) is 74.6 cm³/mol. The van der Waals surface area contributed by atoms with Crippen LogP contribution in [0.3, 0.4) is 0 Å². The molecule has 0 saturated carbocycles. The smallest absolute Gasteiger partial charge is 0.337 e.